The van der Waals surface area contributed by atoms with Gasteiger partial charge in [-0.15, -0.1) is 12.6 Å². The quantitative estimate of drug-likeness (QED) is 0.766. The summed E-state index contributed by atoms with van der Waals surface area (Å²) in [6.45, 7) is 3.39. The summed E-state index contributed by atoms with van der Waals surface area (Å²) in [6.07, 6.45) is 7.18. The largest absolute Gasteiger partial charge is 0.314 e. The second-order valence-corrected chi connectivity index (χ2v) is 6.42. The van der Waals surface area contributed by atoms with Gasteiger partial charge in [0.2, 0.25) is 0 Å². The van der Waals surface area contributed by atoms with Crippen LogP contribution in [0.1, 0.15) is 38.5 Å². The summed E-state index contributed by atoms with van der Waals surface area (Å²) in [5.41, 5.74) is 0. The van der Waals surface area contributed by atoms with Crippen molar-refractivity contribution >= 4 is 17.7 Å². The Balaban J connectivity index is 1.75. The molecule has 0 aromatic rings. The first-order chi connectivity index (χ1) is 8.66. The van der Waals surface area contributed by atoms with Gasteiger partial charge >= 0.3 is 0 Å². The lowest BCUT2D eigenvalue weighted by Crippen LogP contribution is -2.44. The van der Waals surface area contributed by atoms with Gasteiger partial charge in [0.1, 0.15) is 0 Å². The fourth-order valence-electron chi connectivity index (χ4n) is 3.31. The number of carbonyl (C=O) groups is 1. The molecule has 0 radical (unpaired) electrons. The molecule has 1 saturated carbocycles. The van der Waals surface area contributed by atoms with E-state index in [1.165, 1.54) is 45.2 Å². The van der Waals surface area contributed by atoms with Gasteiger partial charge in [0.15, 0.2) is 5.12 Å². The van der Waals surface area contributed by atoms with Crippen LogP contribution < -0.4 is 5.32 Å². The highest BCUT2D eigenvalue weighted by molar-refractivity contribution is 7.96. The maximum Gasteiger partial charge on any atom is 0.189 e. The van der Waals surface area contributed by atoms with Crippen LogP contribution in [0.15, 0.2) is 0 Å². The molecule has 0 bridgehead atoms. The highest BCUT2D eigenvalue weighted by atomic mass is 32.1. The van der Waals surface area contributed by atoms with Gasteiger partial charge in [0.05, 0.1) is 0 Å². The molecule has 0 aromatic heterocycles. The Kier molecular flexibility index (Phi) is 5.52. The van der Waals surface area contributed by atoms with Crippen LogP contribution in [0.5, 0.6) is 0 Å². The monoisotopic (exact) mass is 270 g/mol. The van der Waals surface area contributed by atoms with Gasteiger partial charge < -0.3 is 10.2 Å². The summed E-state index contributed by atoms with van der Waals surface area (Å²) in [5.74, 6) is 0.712. The molecule has 4 heteroatoms. The smallest absolute Gasteiger partial charge is 0.189 e. The molecule has 0 spiro atoms. The lowest BCUT2D eigenvalue weighted by molar-refractivity contribution is -0.116. The predicted molar refractivity (Wildman–Crippen MR) is 78.0 cm³/mol. The lowest BCUT2D eigenvalue weighted by Gasteiger charge is -2.34. The molecule has 1 aliphatic carbocycles. The Morgan fingerprint density at radius 2 is 1.89 bits per heavy atom. The second kappa shape index (κ2) is 6.92. The number of carbonyl (C=O) groups excluding carboxylic acids is 1. The summed E-state index contributed by atoms with van der Waals surface area (Å²) < 4.78 is 0. The zero-order chi connectivity index (χ0) is 13.0. The maximum absolute atomic E-state index is 11.5. The van der Waals surface area contributed by atoms with Gasteiger partial charge in [0.25, 0.3) is 0 Å². The Morgan fingerprint density at radius 3 is 2.56 bits per heavy atom. The van der Waals surface area contributed by atoms with E-state index in [1.807, 2.05) is 0 Å². The van der Waals surface area contributed by atoms with E-state index in [1.54, 1.807) is 0 Å². The summed E-state index contributed by atoms with van der Waals surface area (Å²) >= 11 is 4.06. The van der Waals surface area contributed by atoms with Crippen molar-refractivity contribution in [3.8, 4) is 0 Å². The minimum absolute atomic E-state index is 0.102. The molecule has 1 heterocycles. The van der Waals surface area contributed by atoms with Gasteiger partial charge in [-0.05, 0) is 58.3 Å². The highest BCUT2D eigenvalue weighted by Crippen LogP contribution is 2.31. The number of rotatable bonds is 4. The van der Waals surface area contributed by atoms with Crippen molar-refractivity contribution in [1.29, 1.82) is 0 Å². The van der Waals surface area contributed by atoms with Crippen LogP contribution in [0.2, 0.25) is 0 Å². The molecule has 3 nitrogen and oxygen atoms in total. The molecule has 1 N–H and O–H groups in total. The van der Waals surface area contributed by atoms with E-state index in [2.05, 4.69) is 29.9 Å². The normalized spacial score (nSPS) is 31.4. The number of piperidine rings is 1. The number of nitrogens with one attached hydrogen (secondary N) is 1. The Morgan fingerprint density at radius 1 is 1.22 bits per heavy atom. The van der Waals surface area contributed by atoms with Crippen molar-refractivity contribution in [1.82, 2.24) is 10.2 Å². The molecule has 2 unspecified atom stereocenters. The molecule has 104 valence electrons. The Hall–Kier alpha value is -0.0600. The number of hydrogen-bond donors (Lipinski definition) is 2. The summed E-state index contributed by atoms with van der Waals surface area (Å²) in [6, 6.07) is 0.652. The Bertz CT molecular complexity index is 277. The van der Waals surface area contributed by atoms with Crippen molar-refractivity contribution in [3.05, 3.63) is 0 Å². The highest BCUT2D eigenvalue weighted by Gasteiger charge is 2.29. The average Bonchev–Trinajstić information content (AvgIpc) is 2.38. The first-order valence-electron chi connectivity index (χ1n) is 7.31. The zero-order valence-electron chi connectivity index (χ0n) is 11.4. The van der Waals surface area contributed by atoms with Crippen LogP contribution in [0.3, 0.4) is 0 Å². The maximum atomic E-state index is 11.5. The van der Waals surface area contributed by atoms with Crippen LogP contribution in [0.25, 0.3) is 0 Å². The molecular formula is C14H26N2OS. The fraction of sp³-hybridized carbons (Fsp3) is 0.929. The molecule has 2 aliphatic rings. The van der Waals surface area contributed by atoms with E-state index in [9.17, 15) is 4.79 Å². The van der Waals surface area contributed by atoms with Crippen molar-refractivity contribution in [2.24, 2.45) is 11.8 Å². The van der Waals surface area contributed by atoms with E-state index in [4.69, 9.17) is 0 Å². The van der Waals surface area contributed by atoms with Crippen LogP contribution >= 0.6 is 12.6 Å². The van der Waals surface area contributed by atoms with Gasteiger partial charge in [-0.3, -0.25) is 4.79 Å². The summed E-state index contributed by atoms with van der Waals surface area (Å²) in [5, 5.41) is 3.79. The molecule has 1 saturated heterocycles. The van der Waals surface area contributed by atoms with Crippen molar-refractivity contribution in [3.63, 3.8) is 0 Å². The van der Waals surface area contributed by atoms with E-state index in [-0.39, 0.29) is 11.0 Å². The molecule has 18 heavy (non-hydrogen) atoms. The average molecular weight is 270 g/mol. The summed E-state index contributed by atoms with van der Waals surface area (Å²) in [4.78, 5) is 13.9. The lowest BCUT2D eigenvalue weighted by atomic mass is 9.79. The van der Waals surface area contributed by atoms with E-state index in [0.29, 0.717) is 12.0 Å². The van der Waals surface area contributed by atoms with Crippen LogP contribution in [0, 0.1) is 11.8 Å². The topological polar surface area (TPSA) is 32.3 Å². The van der Waals surface area contributed by atoms with Gasteiger partial charge in [-0.2, -0.15) is 0 Å². The van der Waals surface area contributed by atoms with E-state index >= 15 is 0 Å². The minimum Gasteiger partial charge on any atom is -0.314 e. The van der Waals surface area contributed by atoms with E-state index in [0.717, 1.165) is 13.0 Å². The van der Waals surface area contributed by atoms with Crippen molar-refractivity contribution in [2.45, 2.75) is 44.6 Å². The standard InChI is InChI=1S/C14H26N2OS/c1-16-8-6-12(7-9-16)15-10-11-4-2-3-5-13(11)14(17)18/h11-13,15H,2-10H2,1H3,(H,17,18). The zero-order valence-corrected chi connectivity index (χ0v) is 12.3. The van der Waals surface area contributed by atoms with Crippen LogP contribution in [0.4, 0.5) is 0 Å². The number of nitrogens with zero attached hydrogens (tertiary/aromatic N) is 1. The molecular weight excluding hydrogens is 244 g/mol. The summed E-state index contributed by atoms with van der Waals surface area (Å²) in [7, 11) is 2.19. The SMILES string of the molecule is CN1CCC(NCC2CCCCC2C(=O)S)CC1. The molecule has 0 amide bonds. The van der Waals surface area contributed by atoms with Crippen molar-refractivity contribution in [2.75, 3.05) is 26.7 Å². The first kappa shape index (κ1) is 14.4. The van der Waals surface area contributed by atoms with Crippen LogP contribution in [-0.2, 0) is 4.79 Å². The predicted octanol–water partition coefficient (Wildman–Crippen LogP) is 1.93. The van der Waals surface area contributed by atoms with Gasteiger partial charge in [-0.1, -0.05) is 12.8 Å². The van der Waals surface area contributed by atoms with Crippen LogP contribution in [-0.4, -0.2) is 42.7 Å². The molecule has 0 aromatic carbocycles. The molecule has 2 fully saturated rings. The number of hydrogen-bond acceptors (Lipinski definition) is 3. The molecule has 2 atom stereocenters. The minimum atomic E-state index is 0.102. The third-order valence-corrected chi connectivity index (χ3v) is 4.95. The molecule has 1 aliphatic heterocycles. The second-order valence-electron chi connectivity index (χ2n) is 5.98. The van der Waals surface area contributed by atoms with Crippen molar-refractivity contribution < 1.29 is 4.79 Å². The first-order valence-corrected chi connectivity index (χ1v) is 7.76. The fourth-order valence-corrected chi connectivity index (χ4v) is 3.65. The third kappa shape index (κ3) is 3.97. The molecule has 2 rings (SSSR count). The Labute approximate surface area is 116 Å². The number of thiol groups is 1. The van der Waals surface area contributed by atoms with Gasteiger partial charge in [-0.25, -0.2) is 0 Å². The third-order valence-electron chi connectivity index (χ3n) is 4.61. The number of likely N-dealkylation sites (tertiary alicyclic amines) is 1. The van der Waals surface area contributed by atoms with E-state index < -0.39 is 0 Å². The van der Waals surface area contributed by atoms with Gasteiger partial charge in [0, 0.05) is 12.0 Å².